The van der Waals surface area contributed by atoms with Gasteiger partial charge in [-0.15, -0.1) is 0 Å². The van der Waals surface area contributed by atoms with Gasteiger partial charge in [0.25, 0.3) is 0 Å². The zero-order valence-electron chi connectivity index (χ0n) is 9.59. The second-order valence-electron chi connectivity index (χ2n) is 4.06. The molecule has 1 aromatic carbocycles. The highest BCUT2D eigenvalue weighted by Gasteiger charge is 2.57. The Kier molecular flexibility index (Phi) is 3.58. The average molecular weight is 324 g/mol. The molecule has 0 aliphatic heterocycles. The third kappa shape index (κ3) is 2.30. The van der Waals surface area contributed by atoms with Gasteiger partial charge in [0.15, 0.2) is 0 Å². The minimum atomic E-state index is -5.05. The van der Waals surface area contributed by atoms with Crippen LogP contribution in [0.15, 0.2) is 12.1 Å². The lowest BCUT2D eigenvalue weighted by Gasteiger charge is -2.25. The predicted octanol–water partition coefficient (Wildman–Crippen LogP) is 3.53. The largest absolute Gasteiger partial charge is 0.425 e. The molecule has 20 heavy (non-hydrogen) atoms. The van der Waals surface area contributed by atoms with E-state index in [1.807, 2.05) is 0 Å². The number of hydrogen-bond acceptors (Lipinski definition) is 3. The van der Waals surface area contributed by atoms with Crippen molar-refractivity contribution < 1.29 is 18.3 Å². The van der Waals surface area contributed by atoms with Crippen LogP contribution >= 0.6 is 23.2 Å². The lowest BCUT2D eigenvalue weighted by Crippen LogP contribution is -2.43. The molecule has 1 aromatic heterocycles. The Bertz CT molecular complexity index is 668. The van der Waals surface area contributed by atoms with Crippen LogP contribution in [0.3, 0.4) is 0 Å². The molecule has 0 amide bonds. The minimum Gasteiger partial charge on any atom is -0.373 e. The average Bonchev–Trinajstić information content (AvgIpc) is 2.71. The molecule has 0 aliphatic rings. The van der Waals surface area contributed by atoms with Crippen LogP contribution in [0.2, 0.25) is 10.0 Å². The monoisotopic (exact) mass is 323 g/mol. The normalized spacial score (nSPS) is 15.1. The number of H-pyrrole nitrogens is 1. The highest BCUT2D eigenvalue weighted by atomic mass is 35.5. The number of nitrogens with zero attached hydrogens (tertiary/aromatic N) is 2. The number of aromatic nitrogens is 2. The SMILES string of the molecule is N#CC[C@](O)(c1nc2cc(Cl)c(Cl)cc2[nH]1)C(F)(F)F. The molecule has 9 heteroatoms. The summed E-state index contributed by atoms with van der Waals surface area (Å²) >= 11 is 11.5. The molecule has 1 heterocycles. The van der Waals surface area contributed by atoms with E-state index in [4.69, 9.17) is 28.5 Å². The molecule has 2 aromatic rings. The van der Waals surface area contributed by atoms with Crippen LogP contribution in [0.25, 0.3) is 11.0 Å². The molecular formula is C11H6Cl2F3N3O. The molecule has 1 atom stereocenters. The molecule has 0 radical (unpaired) electrons. The smallest absolute Gasteiger partial charge is 0.373 e. The lowest BCUT2D eigenvalue weighted by atomic mass is 9.99. The summed E-state index contributed by atoms with van der Waals surface area (Å²) in [5, 5.41) is 18.5. The van der Waals surface area contributed by atoms with Gasteiger partial charge in [-0.1, -0.05) is 23.2 Å². The molecule has 0 unspecified atom stereocenters. The predicted molar refractivity (Wildman–Crippen MR) is 66.3 cm³/mol. The number of fused-ring (bicyclic) bond motifs is 1. The molecule has 2 rings (SSSR count). The number of aliphatic hydroxyl groups is 1. The van der Waals surface area contributed by atoms with Crippen LogP contribution in [0.5, 0.6) is 0 Å². The van der Waals surface area contributed by atoms with Crippen molar-refractivity contribution in [3.8, 4) is 6.07 Å². The summed E-state index contributed by atoms with van der Waals surface area (Å²) in [7, 11) is 0. The van der Waals surface area contributed by atoms with Crippen LogP contribution in [-0.4, -0.2) is 21.3 Å². The second-order valence-corrected chi connectivity index (χ2v) is 4.88. The van der Waals surface area contributed by atoms with E-state index < -0.39 is 24.0 Å². The van der Waals surface area contributed by atoms with Gasteiger partial charge in [-0.3, -0.25) is 0 Å². The molecule has 2 N–H and O–H groups in total. The molecule has 0 saturated heterocycles. The number of nitrogens with one attached hydrogen (secondary N) is 1. The maximum absolute atomic E-state index is 13.0. The lowest BCUT2D eigenvalue weighted by molar-refractivity contribution is -0.267. The molecule has 0 aliphatic carbocycles. The van der Waals surface area contributed by atoms with Gasteiger partial charge in [0.1, 0.15) is 5.82 Å². The van der Waals surface area contributed by atoms with E-state index in [9.17, 15) is 18.3 Å². The van der Waals surface area contributed by atoms with E-state index in [0.29, 0.717) is 0 Å². The topological polar surface area (TPSA) is 72.7 Å². The fourth-order valence-corrected chi connectivity index (χ4v) is 1.95. The van der Waals surface area contributed by atoms with Crippen LogP contribution in [0, 0.1) is 11.3 Å². The van der Waals surface area contributed by atoms with Crippen molar-refractivity contribution in [2.45, 2.75) is 18.2 Å². The maximum atomic E-state index is 13.0. The Morgan fingerprint density at radius 3 is 2.45 bits per heavy atom. The Balaban J connectivity index is 2.64. The first-order valence-electron chi connectivity index (χ1n) is 5.20. The summed E-state index contributed by atoms with van der Waals surface area (Å²) in [4.78, 5) is 5.97. The van der Waals surface area contributed by atoms with Crippen molar-refractivity contribution in [3.63, 3.8) is 0 Å². The molecule has 106 valence electrons. The number of alkyl halides is 3. The van der Waals surface area contributed by atoms with Crippen molar-refractivity contribution in [1.29, 1.82) is 5.26 Å². The second kappa shape index (κ2) is 4.81. The molecule has 0 fully saturated rings. The van der Waals surface area contributed by atoms with Crippen molar-refractivity contribution in [2.75, 3.05) is 0 Å². The number of halogens is 5. The maximum Gasteiger partial charge on any atom is 0.425 e. The van der Waals surface area contributed by atoms with Gasteiger partial charge in [0, 0.05) is 0 Å². The number of benzene rings is 1. The Morgan fingerprint density at radius 1 is 1.30 bits per heavy atom. The number of imidazole rings is 1. The van der Waals surface area contributed by atoms with Gasteiger partial charge < -0.3 is 10.1 Å². The highest BCUT2D eigenvalue weighted by Crippen LogP contribution is 2.41. The zero-order chi connectivity index (χ0) is 15.1. The van der Waals surface area contributed by atoms with Gasteiger partial charge in [-0.25, -0.2) is 4.98 Å². The van der Waals surface area contributed by atoms with Crippen molar-refractivity contribution in [3.05, 3.63) is 28.0 Å². The Hall–Kier alpha value is -1.49. The fourth-order valence-electron chi connectivity index (χ4n) is 1.63. The molecule has 0 bridgehead atoms. The summed E-state index contributed by atoms with van der Waals surface area (Å²) in [6, 6.07) is 3.86. The van der Waals surface area contributed by atoms with Gasteiger partial charge in [-0.2, -0.15) is 18.4 Å². The van der Waals surface area contributed by atoms with E-state index >= 15 is 0 Å². The quantitative estimate of drug-likeness (QED) is 0.887. The summed E-state index contributed by atoms with van der Waals surface area (Å²) in [6.07, 6.45) is -6.23. The van der Waals surface area contributed by atoms with Crippen molar-refractivity contribution in [2.24, 2.45) is 0 Å². The van der Waals surface area contributed by atoms with E-state index in [0.717, 1.165) is 0 Å². The number of nitriles is 1. The summed E-state index contributed by atoms with van der Waals surface area (Å²) in [5.41, 5.74) is -3.09. The van der Waals surface area contributed by atoms with E-state index in [1.165, 1.54) is 18.2 Å². The van der Waals surface area contributed by atoms with Crippen LogP contribution in [0.1, 0.15) is 12.2 Å². The zero-order valence-corrected chi connectivity index (χ0v) is 11.1. The minimum absolute atomic E-state index is 0.106. The van der Waals surface area contributed by atoms with E-state index in [-0.39, 0.29) is 21.1 Å². The molecular weight excluding hydrogens is 318 g/mol. The van der Waals surface area contributed by atoms with Gasteiger partial charge in [-0.05, 0) is 12.1 Å². The fraction of sp³-hybridized carbons (Fsp3) is 0.273. The van der Waals surface area contributed by atoms with E-state index in [1.54, 1.807) is 0 Å². The highest BCUT2D eigenvalue weighted by molar-refractivity contribution is 6.42. The third-order valence-corrected chi connectivity index (χ3v) is 3.44. The number of rotatable bonds is 2. The number of hydrogen-bond donors (Lipinski definition) is 2. The Labute approximate surface area is 120 Å². The summed E-state index contributed by atoms with van der Waals surface area (Å²) in [6.45, 7) is 0. The van der Waals surface area contributed by atoms with Crippen LogP contribution in [0.4, 0.5) is 13.2 Å². The first-order chi connectivity index (χ1) is 9.19. The first kappa shape index (κ1) is 14.9. The van der Waals surface area contributed by atoms with Crippen LogP contribution < -0.4 is 0 Å². The Morgan fingerprint density at radius 2 is 1.90 bits per heavy atom. The van der Waals surface area contributed by atoms with Gasteiger partial charge in [0.2, 0.25) is 5.60 Å². The molecule has 0 saturated carbocycles. The van der Waals surface area contributed by atoms with Gasteiger partial charge in [0.05, 0.1) is 33.6 Å². The third-order valence-electron chi connectivity index (χ3n) is 2.72. The summed E-state index contributed by atoms with van der Waals surface area (Å²) < 4.78 is 38.9. The molecule has 4 nitrogen and oxygen atoms in total. The van der Waals surface area contributed by atoms with Crippen LogP contribution in [-0.2, 0) is 5.60 Å². The number of aromatic amines is 1. The van der Waals surface area contributed by atoms with E-state index in [2.05, 4.69) is 9.97 Å². The summed E-state index contributed by atoms with van der Waals surface area (Å²) in [5.74, 6) is -0.778. The van der Waals surface area contributed by atoms with Crippen molar-refractivity contribution in [1.82, 2.24) is 9.97 Å². The molecule has 0 spiro atoms. The first-order valence-corrected chi connectivity index (χ1v) is 5.96. The van der Waals surface area contributed by atoms with Crippen molar-refractivity contribution >= 4 is 34.2 Å². The standard InChI is InChI=1S/C11H6Cl2F3N3O/c12-5-3-7-8(4-6(5)13)19-9(18-7)10(20,1-2-17)11(14,15)16/h3-4,20H,1H2,(H,18,19)/t10-/m0/s1. The van der Waals surface area contributed by atoms with Gasteiger partial charge >= 0.3 is 6.18 Å².